The first kappa shape index (κ1) is 14.4. The molecular formula is C11H24N2O2. The van der Waals surface area contributed by atoms with Gasteiger partial charge in [-0.3, -0.25) is 4.79 Å². The molecule has 0 atom stereocenters. The number of hydrogen-bond donors (Lipinski definition) is 1. The van der Waals surface area contributed by atoms with Gasteiger partial charge in [-0.25, -0.2) is 0 Å². The summed E-state index contributed by atoms with van der Waals surface area (Å²) in [6.45, 7) is 4.69. The molecule has 1 N–H and O–H groups in total. The maximum atomic E-state index is 11.4. The Morgan fingerprint density at radius 1 is 1.20 bits per heavy atom. The zero-order chi connectivity index (χ0) is 11.7. The van der Waals surface area contributed by atoms with Gasteiger partial charge < -0.3 is 14.9 Å². The highest BCUT2D eigenvalue weighted by Gasteiger charge is 2.08. The van der Waals surface area contributed by atoms with Crippen molar-refractivity contribution < 1.29 is 9.90 Å². The Hall–Kier alpha value is -0.610. The lowest BCUT2D eigenvalue weighted by atomic mass is 10.3. The lowest BCUT2D eigenvalue weighted by molar-refractivity contribution is -0.129. The zero-order valence-corrected chi connectivity index (χ0v) is 10.2. The van der Waals surface area contributed by atoms with Crippen LogP contribution in [0.4, 0.5) is 0 Å². The van der Waals surface area contributed by atoms with Crippen LogP contribution in [0.25, 0.3) is 0 Å². The van der Waals surface area contributed by atoms with Crippen LogP contribution in [0.15, 0.2) is 0 Å². The Morgan fingerprint density at radius 2 is 1.87 bits per heavy atom. The summed E-state index contributed by atoms with van der Waals surface area (Å²) in [6.07, 6.45) is 2.80. The summed E-state index contributed by atoms with van der Waals surface area (Å²) in [4.78, 5) is 15.1. The van der Waals surface area contributed by atoms with E-state index in [0.717, 1.165) is 25.9 Å². The highest BCUT2D eigenvalue weighted by molar-refractivity contribution is 5.75. The third-order valence-corrected chi connectivity index (χ3v) is 2.38. The number of unbranched alkanes of at least 4 members (excludes halogenated alkanes) is 1. The van der Waals surface area contributed by atoms with Gasteiger partial charge in [0.15, 0.2) is 0 Å². The normalized spacial score (nSPS) is 10.7. The maximum absolute atomic E-state index is 11.4. The van der Waals surface area contributed by atoms with Crippen LogP contribution < -0.4 is 0 Å². The van der Waals surface area contributed by atoms with Crippen LogP contribution in [0, 0.1) is 0 Å². The molecule has 0 aliphatic rings. The number of amides is 1. The molecule has 0 radical (unpaired) electrons. The summed E-state index contributed by atoms with van der Waals surface area (Å²) in [6, 6.07) is 0. The van der Waals surface area contributed by atoms with Crippen molar-refractivity contribution in [2.24, 2.45) is 0 Å². The fraction of sp³-hybridized carbons (Fsp3) is 0.909. The molecule has 0 aliphatic carbocycles. The summed E-state index contributed by atoms with van der Waals surface area (Å²) >= 11 is 0. The minimum absolute atomic E-state index is 0.148. The highest BCUT2D eigenvalue weighted by Crippen LogP contribution is 1.98. The summed E-state index contributed by atoms with van der Waals surface area (Å²) in [5.74, 6) is 0.148. The molecule has 0 saturated heterocycles. The molecular weight excluding hydrogens is 192 g/mol. The Labute approximate surface area is 92.9 Å². The van der Waals surface area contributed by atoms with E-state index in [9.17, 15) is 4.79 Å². The lowest BCUT2D eigenvalue weighted by Crippen LogP contribution is -2.33. The van der Waals surface area contributed by atoms with Crippen molar-refractivity contribution in [3.05, 3.63) is 0 Å². The summed E-state index contributed by atoms with van der Waals surface area (Å²) in [7, 11) is 3.54. The molecule has 4 heteroatoms. The van der Waals surface area contributed by atoms with Crippen LogP contribution >= 0.6 is 0 Å². The van der Waals surface area contributed by atoms with E-state index in [2.05, 4.69) is 11.8 Å². The predicted molar refractivity (Wildman–Crippen MR) is 61.7 cm³/mol. The molecule has 0 aromatic heterocycles. The second kappa shape index (κ2) is 8.68. The first-order chi connectivity index (χ1) is 7.11. The number of carbonyl (C=O) groups is 1. The largest absolute Gasteiger partial charge is 0.395 e. The van der Waals surface area contributed by atoms with E-state index in [4.69, 9.17) is 5.11 Å². The van der Waals surface area contributed by atoms with E-state index < -0.39 is 0 Å². The smallest absolute Gasteiger partial charge is 0.223 e. The quantitative estimate of drug-likeness (QED) is 0.645. The van der Waals surface area contributed by atoms with Gasteiger partial charge in [0.1, 0.15) is 0 Å². The molecule has 15 heavy (non-hydrogen) atoms. The van der Waals surface area contributed by atoms with Crippen molar-refractivity contribution in [3.63, 3.8) is 0 Å². The number of rotatable bonds is 8. The van der Waals surface area contributed by atoms with Gasteiger partial charge in [-0.15, -0.1) is 0 Å². The average Bonchev–Trinajstić information content (AvgIpc) is 2.21. The van der Waals surface area contributed by atoms with E-state index in [0.29, 0.717) is 13.0 Å². The van der Waals surface area contributed by atoms with Crippen molar-refractivity contribution >= 4 is 5.91 Å². The fourth-order valence-electron chi connectivity index (χ4n) is 1.34. The Bertz CT molecular complexity index is 172. The van der Waals surface area contributed by atoms with Gasteiger partial charge >= 0.3 is 0 Å². The average molecular weight is 216 g/mol. The van der Waals surface area contributed by atoms with Crippen LogP contribution in [0.3, 0.4) is 0 Å². The van der Waals surface area contributed by atoms with Gasteiger partial charge in [0.2, 0.25) is 5.91 Å². The minimum Gasteiger partial charge on any atom is -0.395 e. The molecule has 1 amide bonds. The van der Waals surface area contributed by atoms with Crippen molar-refractivity contribution in [1.29, 1.82) is 0 Å². The van der Waals surface area contributed by atoms with Gasteiger partial charge in [0, 0.05) is 33.6 Å². The van der Waals surface area contributed by atoms with Crippen molar-refractivity contribution in [1.82, 2.24) is 9.80 Å². The molecule has 0 bridgehead atoms. The SMILES string of the molecule is CCCCN(CCO)CCC(=O)N(C)C. The second-order valence-electron chi connectivity index (χ2n) is 3.96. The fourth-order valence-corrected chi connectivity index (χ4v) is 1.34. The summed E-state index contributed by atoms with van der Waals surface area (Å²) in [5.41, 5.74) is 0. The van der Waals surface area contributed by atoms with Gasteiger partial charge in [-0.1, -0.05) is 13.3 Å². The van der Waals surface area contributed by atoms with Crippen molar-refractivity contribution in [2.75, 3.05) is 40.3 Å². The molecule has 0 aromatic carbocycles. The van der Waals surface area contributed by atoms with Crippen molar-refractivity contribution in [3.8, 4) is 0 Å². The Morgan fingerprint density at radius 3 is 2.33 bits per heavy atom. The second-order valence-corrected chi connectivity index (χ2v) is 3.96. The van der Waals surface area contributed by atoms with E-state index >= 15 is 0 Å². The molecule has 0 unspecified atom stereocenters. The molecule has 0 aromatic rings. The number of carbonyl (C=O) groups excluding carboxylic acids is 1. The van der Waals surface area contributed by atoms with E-state index in [1.165, 1.54) is 0 Å². The van der Waals surface area contributed by atoms with Gasteiger partial charge in [0.05, 0.1) is 6.61 Å². The number of nitrogens with zero attached hydrogens (tertiary/aromatic N) is 2. The highest BCUT2D eigenvalue weighted by atomic mass is 16.3. The van der Waals surface area contributed by atoms with E-state index in [1.807, 2.05) is 0 Å². The van der Waals surface area contributed by atoms with Crippen LogP contribution in [-0.2, 0) is 4.79 Å². The third-order valence-electron chi connectivity index (χ3n) is 2.38. The van der Waals surface area contributed by atoms with Crippen LogP contribution in [0.5, 0.6) is 0 Å². The third kappa shape index (κ3) is 7.33. The molecule has 4 nitrogen and oxygen atoms in total. The number of aliphatic hydroxyl groups excluding tert-OH is 1. The zero-order valence-electron chi connectivity index (χ0n) is 10.2. The lowest BCUT2D eigenvalue weighted by Gasteiger charge is -2.21. The van der Waals surface area contributed by atoms with E-state index in [1.54, 1.807) is 19.0 Å². The van der Waals surface area contributed by atoms with E-state index in [-0.39, 0.29) is 12.5 Å². The Balaban J connectivity index is 3.78. The van der Waals surface area contributed by atoms with Crippen LogP contribution in [0.2, 0.25) is 0 Å². The monoisotopic (exact) mass is 216 g/mol. The molecule has 0 rings (SSSR count). The molecule has 0 spiro atoms. The first-order valence-corrected chi connectivity index (χ1v) is 5.65. The van der Waals surface area contributed by atoms with Gasteiger partial charge in [-0.2, -0.15) is 0 Å². The van der Waals surface area contributed by atoms with Crippen LogP contribution in [-0.4, -0.2) is 61.2 Å². The van der Waals surface area contributed by atoms with Gasteiger partial charge in [0.25, 0.3) is 0 Å². The molecule has 0 heterocycles. The predicted octanol–water partition coefficient (Wildman–Crippen LogP) is 0.559. The standard InChI is InChI=1S/C11H24N2O2/c1-4-5-7-13(9-10-14)8-6-11(15)12(2)3/h14H,4-10H2,1-3H3. The number of aliphatic hydroxyl groups is 1. The summed E-state index contributed by atoms with van der Waals surface area (Å²) in [5, 5.41) is 8.87. The molecule has 0 aliphatic heterocycles. The Kier molecular flexibility index (Phi) is 8.33. The topological polar surface area (TPSA) is 43.8 Å². The first-order valence-electron chi connectivity index (χ1n) is 5.65. The van der Waals surface area contributed by atoms with Crippen molar-refractivity contribution in [2.45, 2.75) is 26.2 Å². The molecule has 90 valence electrons. The maximum Gasteiger partial charge on any atom is 0.223 e. The van der Waals surface area contributed by atoms with Gasteiger partial charge in [-0.05, 0) is 13.0 Å². The number of hydrogen-bond acceptors (Lipinski definition) is 3. The minimum atomic E-state index is 0.148. The molecule has 0 saturated carbocycles. The summed E-state index contributed by atoms with van der Waals surface area (Å²) < 4.78 is 0. The molecule has 0 fully saturated rings. The van der Waals surface area contributed by atoms with Crippen LogP contribution in [0.1, 0.15) is 26.2 Å².